The second-order valence-corrected chi connectivity index (χ2v) is 6.29. The summed E-state index contributed by atoms with van der Waals surface area (Å²) in [4.78, 5) is 11.4. The van der Waals surface area contributed by atoms with E-state index >= 15 is 0 Å². The van der Waals surface area contributed by atoms with Crippen molar-refractivity contribution in [2.45, 2.75) is 19.8 Å². The Labute approximate surface area is 123 Å². The maximum Gasteiger partial charge on any atom is 0.311 e. The molecule has 20 heavy (non-hydrogen) atoms. The molecule has 1 heterocycles. The van der Waals surface area contributed by atoms with E-state index in [2.05, 4.69) is 14.0 Å². The van der Waals surface area contributed by atoms with E-state index in [1.807, 2.05) is 0 Å². The Morgan fingerprint density at radius 1 is 1.10 bits per heavy atom. The molecule has 0 N–H and O–H groups in total. The molecule has 0 aromatic rings. The summed E-state index contributed by atoms with van der Waals surface area (Å²) < 4.78 is 12.1. The van der Waals surface area contributed by atoms with Crippen molar-refractivity contribution in [3.8, 4) is 0 Å². The van der Waals surface area contributed by atoms with Crippen molar-refractivity contribution in [2.24, 2.45) is 0 Å². The van der Waals surface area contributed by atoms with Crippen molar-refractivity contribution in [1.82, 2.24) is 0 Å². The van der Waals surface area contributed by atoms with Crippen molar-refractivity contribution in [2.75, 3.05) is 73.7 Å². The summed E-state index contributed by atoms with van der Waals surface area (Å²) in [7, 11) is 5.58. The molecule has 0 atom stereocenters. The fourth-order valence-electron chi connectivity index (χ4n) is 3.07. The minimum Gasteiger partial charge on any atom is -0.469 e. The molecular weight excluding hydrogens is 256 g/mol. The third-order valence-corrected chi connectivity index (χ3v) is 4.96. The summed E-state index contributed by atoms with van der Waals surface area (Å²) in [6.45, 7) is 11.0. The van der Waals surface area contributed by atoms with Gasteiger partial charge in [0.1, 0.15) is 26.2 Å². The Kier molecular flexibility index (Phi) is 6.92. The van der Waals surface area contributed by atoms with Crippen molar-refractivity contribution in [3.05, 3.63) is 0 Å². The number of ether oxygens (including phenoxy) is 2. The van der Waals surface area contributed by atoms with Gasteiger partial charge in [-0.2, -0.15) is 0 Å². The number of esters is 1. The summed E-state index contributed by atoms with van der Waals surface area (Å²) in [5, 5.41) is 0. The van der Waals surface area contributed by atoms with Crippen LogP contribution in [0.3, 0.4) is 0 Å². The van der Waals surface area contributed by atoms with Crippen molar-refractivity contribution in [1.29, 1.82) is 0 Å². The quantitative estimate of drug-likeness (QED) is 0.378. The molecule has 0 amide bonds. The van der Waals surface area contributed by atoms with Gasteiger partial charge in [0.15, 0.2) is 0 Å². The van der Waals surface area contributed by atoms with E-state index in [9.17, 15) is 4.79 Å². The van der Waals surface area contributed by atoms with Crippen LogP contribution in [-0.2, 0) is 14.3 Å². The van der Waals surface area contributed by atoms with Crippen molar-refractivity contribution in [3.63, 3.8) is 0 Å². The molecule has 5 nitrogen and oxygen atoms in total. The lowest BCUT2D eigenvalue weighted by molar-refractivity contribution is -1.02. The number of rotatable bonds is 8. The molecule has 0 aromatic heterocycles. The minimum absolute atomic E-state index is 0.0844. The van der Waals surface area contributed by atoms with Crippen LogP contribution in [-0.4, -0.2) is 88.6 Å². The van der Waals surface area contributed by atoms with Gasteiger partial charge in [0, 0.05) is 13.5 Å². The Hall–Kier alpha value is -0.650. The van der Waals surface area contributed by atoms with Crippen LogP contribution in [0.15, 0.2) is 0 Å². The minimum atomic E-state index is -0.0844. The number of carbonyl (C=O) groups excluding carboxylic acids is 1. The number of quaternary nitrogens is 2. The van der Waals surface area contributed by atoms with Gasteiger partial charge in [-0.25, -0.2) is 0 Å². The lowest BCUT2D eigenvalue weighted by Gasteiger charge is -2.48. The first kappa shape index (κ1) is 17.4. The van der Waals surface area contributed by atoms with Crippen LogP contribution in [0.2, 0.25) is 0 Å². The Morgan fingerprint density at radius 3 is 2.25 bits per heavy atom. The van der Waals surface area contributed by atoms with E-state index < -0.39 is 0 Å². The molecule has 1 saturated heterocycles. The molecule has 1 fully saturated rings. The molecule has 0 aromatic carbocycles. The summed E-state index contributed by atoms with van der Waals surface area (Å²) in [6.07, 6.45) is 1.67. The van der Waals surface area contributed by atoms with Gasteiger partial charge >= 0.3 is 5.97 Å². The standard InChI is InChI=1S/C15H32N2O3/c1-5-17(9-7-15(18)20-4)12-10-16(2,11-13-17)8-6-14-19-3/h5-14H2,1-4H3/q+2. The molecule has 1 aliphatic heterocycles. The van der Waals surface area contributed by atoms with Gasteiger partial charge in [-0.1, -0.05) is 0 Å². The number of methoxy groups -OCH3 is 2. The van der Waals surface area contributed by atoms with Crippen LogP contribution in [0.5, 0.6) is 0 Å². The zero-order valence-electron chi connectivity index (χ0n) is 13.7. The number of hydrogen-bond acceptors (Lipinski definition) is 3. The zero-order chi connectivity index (χ0) is 15.1. The van der Waals surface area contributed by atoms with E-state index in [1.165, 1.54) is 26.7 Å². The highest BCUT2D eigenvalue weighted by molar-refractivity contribution is 5.69. The molecule has 0 saturated carbocycles. The molecule has 1 aliphatic rings. The Morgan fingerprint density at radius 2 is 1.75 bits per heavy atom. The molecule has 0 bridgehead atoms. The second-order valence-electron chi connectivity index (χ2n) is 6.29. The molecule has 5 heteroatoms. The molecule has 0 aliphatic carbocycles. The highest BCUT2D eigenvalue weighted by Crippen LogP contribution is 2.19. The normalized spacial score (nSPS) is 30.2. The first-order valence-corrected chi connectivity index (χ1v) is 7.73. The van der Waals surface area contributed by atoms with Gasteiger partial charge in [-0.05, 0) is 6.92 Å². The Balaban J connectivity index is 2.45. The van der Waals surface area contributed by atoms with Crippen LogP contribution < -0.4 is 0 Å². The van der Waals surface area contributed by atoms with Crippen LogP contribution in [0.4, 0.5) is 0 Å². The topological polar surface area (TPSA) is 35.5 Å². The third kappa shape index (κ3) is 5.04. The fraction of sp³-hybridized carbons (Fsp3) is 0.933. The monoisotopic (exact) mass is 288 g/mol. The smallest absolute Gasteiger partial charge is 0.311 e. The highest BCUT2D eigenvalue weighted by atomic mass is 16.5. The molecule has 0 spiro atoms. The average Bonchev–Trinajstić information content (AvgIpc) is 2.47. The molecule has 118 valence electrons. The number of nitrogens with zero attached hydrogens (tertiary/aromatic N) is 2. The van der Waals surface area contributed by atoms with Crippen molar-refractivity contribution >= 4 is 5.97 Å². The first-order valence-electron chi connectivity index (χ1n) is 7.73. The number of hydrogen-bond donors (Lipinski definition) is 0. The van der Waals surface area contributed by atoms with E-state index in [4.69, 9.17) is 9.47 Å². The first-order chi connectivity index (χ1) is 9.49. The van der Waals surface area contributed by atoms with Crippen LogP contribution >= 0.6 is 0 Å². The maximum absolute atomic E-state index is 11.4. The summed E-state index contributed by atoms with van der Waals surface area (Å²) in [5.41, 5.74) is 0. The lowest BCUT2D eigenvalue weighted by atomic mass is 10.1. The van der Waals surface area contributed by atoms with Crippen molar-refractivity contribution < 1.29 is 23.2 Å². The second kappa shape index (κ2) is 7.96. The van der Waals surface area contributed by atoms with Gasteiger partial charge < -0.3 is 18.4 Å². The van der Waals surface area contributed by atoms with Gasteiger partial charge in [0.2, 0.25) is 0 Å². The number of piperazine rings is 1. The molecule has 0 radical (unpaired) electrons. The fourth-order valence-corrected chi connectivity index (χ4v) is 3.07. The lowest BCUT2D eigenvalue weighted by Crippen LogP contribution is -2.66. The van der Waals surface area contributed by atoms with E-state index in [0.717, 1.165) is 48.2 Å². The van der Waals surface area contributed by atoms with E-state index in [0.29, 0.717) is 6.42 Å². The molecular formula is C15H32N2O3+2. The maximum atomic E-state index is 11.4. The van der Waals surface area contributed by atoms with Crippen LogP contribution in [0.1, 0.15) is 19.8 Å². The predicted octanol–water partition coefficient (Wildman–Crippen LogP) is 0.883. The number of likely N-dealkylation sites (N-methyl/N-ethyl adjacent to an activating group) is 2. The zero-order valence-corrected chi connectivity index (χ0v) is 13.7. The van der Waals surface area contributed by atoms with Crippen LogP contribution in [0, 0.1) is 0 Å². The van der Waals surface area contributed by atoms with Gasteiger partial charge in [-0.15, -0.1) is 0 Å². The highest BCUT2D eigenvalue weighted by Gasteiger charge is 2.38. The summed E-state index contributed by atoms with van der Waals surface area (Å²) in [5.74, 6) is -0.0844. The summed E-state index contributed by atoms with van der Waals surface area (Å²) in [6, 6.07) is 0. The largest absolute Gasteiger partial charge is 0.469 e. The predicted molar refractivity (Wildman–Crippen MR) is 79.3 cm³/mol. The third-order valence-electron chi connectivity index (χ3n) is 4.96. The molecule has 0 unspecified atom stereocenters. The van der Waals surface area contributed by atoms with Gasteiger partial charge in [-0.3, -0.25) is 4.79 Å². The SMILES string of the molecule is CC[N+]1(CCC(=O)OC)CC[N+](C)(CCCOC)CC1. The molecule has 1 rings (SSSR count). The van der Waals surface area contributed by atoms with E-state index in [-0.39, 0.29) is 5.97 Å². The summed E-state index contributed by atoms with van der Waals surface area (Å²) >= 11 is 0. The Bertz CT molecular complexity index is 299. The average molecular weight is 288 g/mol. The van der Waals surface area contributed by atoms with Crippen LogP contribution in [0.25, 0.3) is 0 Å². The van der Waals surface area contributed by atoms with Gasteiger partial charge in [0.05, 0.1) is 46.8 Å². The van der Waals surface area contributed by atoms with E-state index in [1.54, 1.807) is 7.11 Å². The number of carbonyl (C=O) groups is 1. The van der Waals surface area contributed by atoms with Gasteiger partial charge in [0.25, 0.3) is 0 Å².